The summed E-state index contributed by atoms with van der Waals surface area (Å²) in [6.07, 6.45) is 0.424. The highest BCUT2D eigenvalue weighted by molar-refractivity contribution is 7.91. The number of ether oxygens (including phenoxy) is 1. The molecule has 5 nitrogen and oxygen atoms in total. The van der Waals surface area contributed by atoms with Gasteiger partial charge in [-0.25, -0.2) is 8.42 Å². The Kier molecular flexibility index (Phi) is 6.20. The molecule has 0 spiro atoms. The molecule has 0 unspecified atom stereocenters. The quantitative estimate of drug-likeness (QED) is 0.819. The first-order chi connectivity index (χ1) is 11.8. The molecule has 0 saturated heterocycles. The Hall–Kier alpha value is -2.34. The Morgan fingerprint density at radius 3 is 2.20 bits per heavy atom. The van der Waals surface area contributed by atoms with Crippen LogP contribution < -0.4 is 10.1 Å². The van der Waals surface area contributed by atoms with Crippen LogP contribution >= 0.6 is 0 Å². The Balaban J connectivity index is 1.89. The van der Waals surface area contributed by atoms with E-state index < -0.39 is 9.84 Å². The van der Waals surface area contributed by atoms with Gasteiger partial charge < -0.3 is 10.1 Å². The largest absolute Gasteiger partial charge is 0.497 e. The van der Waals surface area contributed by atoms with Gasteiger partial charge in [-0.1, -0.05) is 6.07 Å². The molecule has 25 heavy (non-hydrogen) atoms. The molecule has 0 aliphatic heterocycles. The summed E-state index contributed by atoms with van der Waals surface area (Å²) in [6.45, 7) is 3.92. The molecule has 0 radical (unpaired) electrons. The van der Waals surface area contributed by atoms with Crippen LogP contribution in [0.2, 0.25) is 0 Å². The van der Waals surface area contributed by atoms with Crippen LogP contribution in [-0.2, 0) is 14.6 Å². The number of carbonyl (C=O) groups is 1. The molecule has 0 aromatic heterocycles. The van der Waals surface area contributed by atoms with E-state index in [1.807, 2.05) is 32.0 Å². The molecule has 6 heteroatoms. The van der Waals surface area contributed by atoms with Gasteiger partial charge in [0.2, 0.25) is 5.91 Å². The number of nitrogens with one attached hydrogen (secondary N) is 1. The third-order valence-electron chi connectivity index (χ3n) is 3.74. The summed E-state index contributed by atoms with van der Waals surface area (Å²) in [5, 5.41) is 2.81. The standard InChI is InChI=1S/C19H23NO4S/c1-14-11-15(2)13-16(12-14)20-19(21)5-4-10-25(22,23)18-8-6-17(24-3)7-9-18/h6-9,11-13H,4-5,10H2,1-3H3,(H,20,21). The van der Waals surface area contributed by atoms with Gasteiger partial charge in [-0.3, -0.25) is 4.79 Å². The Morgan fingerprint density at radius 2 is 1.64 bits per heavy atom. The summed E-state index contributed by atoms with van der Waals surface area (Å²) in [7, 11) is -1.88. The van der Waals surface area contributed by atoms with Crippen LogP contribution in [-0.4, -0.2) is 27.2 Å². The molecule has 1 amide bonds. The molecular formula is C19H23NO4S. The van der Waals surface area contributed by atoms with Crippen molar-refractivity contribution in [1.29, 1.82) is 0 Å². The fourth-order valence-electron chi connectivity index (χ4n) is 2.59. The first kappa shape index (κ1) is 19.0. The van der Waals surface area contributed by atoms with Gasteiger partial charge in [0.25, 0.3) is 0 Å². The van der Waals surface area contributed by atoms with Crippen molar-refractivity contribution >= 4 is 21.4 Å². The second-order valence-electron chi connectivity index (χ2n) is 6.02. The second-order valence-corrected chi connectivity index (χ2v) is 8.13. The number of anilines is 1. The van der Waals surface area contributed by atoms with Gasteiger partial charge in [-0.05, 0) is 67.8 Å². The number of hydrogen-bond acceptors (Lipinski definition) is 4. The average Bonchev–Trinajstić information content (AvgIpc) is 2.53. The van der Waals surface area contributed by atoms with Crippen LogP contribution in [0.3, 0.4) is 0 Å². The van der Waals surface area contributed by atoms with Crippen molar-refractivity contribution in [1.82, 2.24) is 0 Å². The van der Waals surface area contributed by atoms with E-state index in [2.05, 4.69) is 5.32 Å². The lowest BCUT2D eigenvalue weighted by atomic mass is 10.1. The van der Waals surface area contributed by atoms with Gasteiger partial charge >= 0.3 is 0 Å². The summed E-state index contributed by atoms with van der Waals surface area (Å²) in [5.41, 5.74) is 2.87. The van der Waals surface area contributed by atoms with E-state index in [-0.39, 0.29) is 29.4 Å². The second kappa shape index (κ2) is 8.16. The van der Waals surface area contributed by atoms with Crippen molar-refractivity contribution in [2.75, 3.05) is 18.2 Å². The van der Waals surface area contributed by atoms with E-state index in [4.69, 9.17) is 4.74 Å². The van der Waals surface area contributed by atoms with Gasteiger partial charge in [0.05, 0.1) is 17.8 Å². The van der Waals surface area contributed by atoms with Gasteiger partial charge in [0.1, 0.15) is 5.75 Å². The topological polar surface area (TPSA) is 72.5 Å². The first-order valence-corrected chi connectivity index (χ1v) is 9.70. The minimum absolute atomic E-state index is 0.0698. The van der Waals surface area contributed by atoms with E-state index in [9.17, 15) is 13.2 Å². The first-order valence-electron chi connectivity index (χ1n) is 8.05. The third kappa shape index (κ3) is 5.60. The fraction of sp³-hybridized carbons (Fsp3) is 0.316. The number of rotatable bonds is 7. The number of sulfone groups is 1. The summed E-state index contributed by atoms with van der Waals surface area (Å²) >= 11 is 0. The number of benzene rings is 2. The van der Waals surface area contributed by atoms with Crippen LogP contribution in [0.5, 0.6) is 5.75 Å². The zero-order valence-electron chi connectivity index (χ0n) is 14.7. The lowest BCUT2D eigenvalue weighted by Gasteiger charge is -2.08. The fourth-order valence-corrected chi connectivity index (χ4v) is 3.90. The maximum Gasteiger partial charge on any atom is 0.224 e. The van der Waals surface area contributed by atoms with Crippen molar-refractivity contribution in [3.8, 4) is 5.75 Å². The normalized spacial score (nSPS) is 11.2. The zero-order chi connectivity index (χ0) is 18.4. The molecule has 0 fully saturated rings. The van der Waals surface area contributed by atoms with Gasteiger partial charge in [-0.15, -0.1) is 0 Å². The highest BCUT2D eigenvalue weighted by Crippen LogP contribution is 2.18. The van der Waals surface area contributed by atoms with Gasteiger partial charge in [0, 0.05) is 12.1 Å². The highest BCUT2D eigenvalue weighted by Gasteiger charge is 2.15. The van der Waals surface area contributed by atoms with Crippen LogP contribution in [0.25, 0.3) is 0 Å². The number of amides is 1. The summed E-state index contributed by atoms with van der Waals surface area (Å²) in [6, 6.07) is 12.1. The number of carbonyl (C=O) groups excluding carboxylic acids is 1. The van der Waals surface area contributed by atoms with Crippen molar-refractivity contribution in [3.05, 3.63) is 53.6 Å². The Labute approximate surface area is 148 Å². The molecule has 134 valence electrons. The molecular weight excluding hydrogens is 338 g/mol. The summed E-state index contributed by atoms with van der Waals surface area (Å²) in [5.74, 6) is 0.348. The molecule has 0 atom stereocenters. The maximum atomic E-state index is 12.3. The van der Waals surface area contributed by atoms with Crippen molar-refractivity contribution in [2.45, 2.75) is 31.6 Å². The van der Waals surface area contributed by atoms with Gasteiger partial charge in [-0.2, -0.15) is 0 Å². The lowest BCUT2D eigenvalue weighted by molar-refractivity contribution is -0.116. The summed E-state index contributed by atoms with van der Waals surface area (Å²) < 4.78 is 29.6. The van der Waals surface area contributed by atoms with E-state index >= 15 is 0 Å². The van der Waals surface area contributed by atoms with E-state index in [1.165, 1.54) is 19.2 Å². The molecule has 2 aromatic rings. The van der Waals surface area contributed by atoms with E-state index in [0.717, 1.165) is 16.8 Å². The average molecular weight is 361 g/mol. The summed E-state index contributed by atoms with van der Waals surface area (Å²) in [4.78, 5) is 12.3. The monoisotopic (exact) mass is 361 g/mol. The predicted molar refractivity (Wildman–Crippen MR) is 98.8 cm³/mol. The van der Waals surface area contributed by atoms with Crippen LogP contribution in [0.15, 0.2) is 47.4 Å². The van der Waals surface area contributed by atoms with Crippen molar-refractivity contribution in [2.24, 2.45) is 0 Å². The van der Waals surface area contributed by atoms with Crippen LogP contribution in [0, 0.1) is 13.8 Å². The molecule has 0 heterocycles. The Bertz CT molecular complexity index is 822. The maximum absolute atomic E-state index is 12.3. The van der Waals surface area contributed by atoms with E-state index in [0.29, 0.717) is 5.75 Å². The minimum Gasteiger partial charge on any atom is -0.497 e. The predicted octanol–water partition coefficient (Wildman–Crippen LogP) is 3.50. The number of hydrogen-bond donors (Lipinski definition) is 1. The SMILES string of the molecule is COc1ccc(S(=O)(=O)CCCC(=O)Nc2cc(C)cc(C)c2)cc1. The van der Waals surface area contributed by atoms with Crippen molar-refractivity contribution in [3.63, 3.8) is 0 Å². The van der Waals surface area contributed by atoms with Crippen LogP contribution in [0.4, 0.5) is 5.69 Å². The van der Waals surface area contributed by atoms with Crippen LogP contribution in [0.1, 0.15) is 24.0 Å². The Morgan fingerprint density at radius 1 is 1.04 bits per heavy atom. The molecule has 0 aliphatic rings. The molecule has 0 aliphatic carbocycles. The van der Waals surface area contributed by atoms with Crippen molar-refractivity contribution < 1.29 is 17.9 Å². The number of methoxy groups -OCH3 is 1. The molecule has 0 saturated carbocycles. The molecule has 2 rings (SSSR count). The zero-order valence-corrected chi connectivity index (χ0v) is 15.5. The van der Waals surface area contributed by atoms with E-state index in [1.54, 1.807) is 12.1 Å². The molecule has 2 aromatic carbocycles. The minimum atomic E-state index is -3.40. The molecule has 0 bridgehead atoms. The lowest BCUT2D eigenvalue weighted by Crippen LogP contribution is -2.14. The smallest absolute Gasteiger partial charge is 0.224 e. The van der Waals surface area contributed by atoms with Gasteiger partial charge in [0.15, 0.2) is 9.84 Å². The molecule has 1 N–H and O–H groups in total. The highest BCUT2D eigenvalue weighted by atomic mass is 32.2. The third-order valence-corrected chi connectivity index (χ3v) is 5.56. The number of aryl methyl sites for hydroxylation is 2.